The highest BCUT2D eigenvalue weighted by Gasteiger charge is 2.24. The van der Waals surface area contributed by atoms with Crippen LogP contribution < -0.4 is 15.0 Å². The summed E-state index contributed by atoms with van der Waals surface area (Å²) in [6, 6.07) is 7.42. The van der Waals surface area contributed by atoms with Crippen molar-refractivity contribution >= 4 is 11.8 Å². The monoisotopic (exact) mass is 310 g/mol. The minimum Gasteiger partial charge on any atom is -0.481 e. The van der Waals surface area contributed by atoms with E-state index < -0.39 is 0 Å². The number of hydrogen-bond donors (Lipinski definition) is 1. The highest BCUT2D eigenvalue weighted by Crippen LogP contribution is 2.22. The molecule has 0 aromatic carbocycles. The van der Waals surface area contributed by atoms with Crippen molar-refractivity contribution in [3.05, 3.63) is 36.2 Å². The van der Waals surface area contributed by atoms with Crippen LogP contribution in [-0.2, 0) is 0 Å². The minimum absolute atomic E-state index is 0.457. The summed E-state index contributed by atoms with van der Waals surface area (Å²) in [4.78, 5) is 15.1. The molecule has 0 aliphatic carbocycles. The first-order valence-electron chi connectivity index (χ1n) is 7.51. The molecule has 23 heavy (non-hydrogen) atoms. The van der Waals surface area contributed by atoms with E-state index in [1.54, 1.807) is 37.7 Å². The molecule has 1 atom stereocenters. The number of rotatable bonds is 5. The van der Waals surface area contributed by atoms with E-state index in [1.165, 1.54) is 0 Å². The molecule has 0 saturated carbocycles. The maximum absolute atomic E-state index is 9.08. The van der Waals surface area contributed by atoms with E-state index in [9.17, 15) is 0 Å². The van der Waals surface area contributed by atoms with Crippen LogP contribution in [0.25, 0.3) is 0 Å². The lowest BCUT2D eigenvalue weighted by Gasteiger charge is -2.17. The van der Waals surface area contributed by atoms with Gasteiger partial charge in [0, 0.05) is 38.1 Å². The summed E-state index contributed by atoms with van der Waals surface area (Å²) in [5.41, 5.74) is 0.568. The van der Waals surface area contributed by atoms with Crippen molar-refractivity contribution in [1.82, 2.24) is 15.0 Å². The second-order valence-corrected chi connectivity index (χ2v) is 5.39. The Labute approximate surface area is 135 Å². The fourth-order valence-electron chi connectivity index (χ4n) is 2.66. The molecular weight excluding hydrogens is 292 g/mol. The average molecular weight is 310 g/mol. The second-order valence-electron chi connectivity index (χ2n) is 5.39. The lowest BCUT2D eigenvalue weighted by atomic mass is 10.1. The van der Waals surface area contributed by atoms with Crippen LogP contribution in [0.2, 0.25) is 0 Å². The van der Waals surface area contributed by atoms with Gasteiger partial charge in [-0.3, -0.25) is 0 Å². The molecule has 1 saturated heterocycles. The largest absolute Gasteiger partial charge is 0.481 e. The van der Waals surface area contributed by atoms with E-state index >= 15 is 0 Å². The predicted octanol–water partition coefficient (Wildman–Crippen LogP) is 1.69. The van der Waals surface area contributed by atoms with Crippen molar-refractivity contribution < 1.29 is 4.74 Å². The molecule has 0 radical (unpaired) electrons. The molecule has 7 nitrogen and oxygen atoms in total. The zero-order valence-corrected chi connectivity index (χ0v) is 12.9. The van der Waals surface area contributed by atoms with Gasteiger partial charge in [-0.05, 0) is 24.5 Å². The van der Waals surface area contributed by atoms with Crippen LogP contribution in [0.15, 0.2) is 30.6 Å². The van der Waals surface area contributed by atoms with Crippen molar-refractivity contribution in [3.63, 3.8) is 0 Å². The number of hydrogen-bond acceptors (Lipinski definition) is 7. The van der Waals surface area contributed by atoms with Gasteiger partial charge in [0.05, 0.1) is 12.7 Å². The Kier molecular flexibility index (Phi) is 4.52. The third kappa shape index (κ3) is 3.48. The topological polar surface area (TPSA) is 87.0 Å². The Balaban J connectivity index is 1.59. The predicted molar refractivity (Wildman–Crippen MR) is 86.3 cm³/mol. The molecule has 3 rings (SSSR count). The number of ether oxygens (including phenoxy) is 1. The van der Waals surface area contributed by atoms with E-state index in [4.69, 9.17) is 10.00 Å². The van der Waals surface area contributed by atoms with E-state index in [1.807, 2.05) is 0 Å². The zero-order chi connectivity index (χ0) is 16.1. The van der Waals surface area contributed by atoms with Crippen molar-refractivity contribution in [2.24, 2.45) is 5.92 Å². The molecular formula is C16H18N6O. The van der Waals surface area contributed by atoms with Gasteiger partial charge in [0.1, 0.15) is 11.9 Å². The molecule has 0 spiro atoms. The number of nitrogens with zero attached hydrogens (tertiary/aromatic N) is 5. The van der Waals surface area contributed by atoms with E-state index in [2.05, 4.69) is 31.2 Å². The molecule has 7 heteroatoms. The van der Waals surface area contributed by atoms with Crippen LogP contribution in [0.5, 0.6) is 5.88 Å². The molecule has 1 aliphatic rings. The quantitative estimate of drug-likeness (QED) is 0.899. The maximum Gasteiger partial charge on any atom is 0.228 e. The maximum atomic E-state index is 9.08. The first kappa shape index (κ1) is 15.0. The fourth-order valence-corrected chi connectivity index (χ4v) is 2.66. The summed E-state index contributed by atoms with van der Waals surface area (Å²) >= 11 is 0. The summed E-state index contributed by atoms with van der Waals surface area (Å²) in [5, 5.41) is 12.4. The number of anilines is 2. The van der Waals surface area contributed by atoms with Crippen molar-refractivity contribution in [2.75, 3.05) is 37.0 Å². The summed E-state index contributed by atoms with van der Waals surface area (Å²) in [6.07, 6.45) is 4.44. The molecule has 2 aromatic rings. The van der Waals surface area contributed by atoms with Gasteiger partial charge in [-0.25, -0.2) is 9.97 Å². The molecule has 1 aliphatic heterocycles. The fraction of sp³-hybridized carbons (Fsp3) is 0.375. The number of aromatic nitrogens is 3. The van der Waals surface area contributed by atoms with Crippen LogP contribution in [0.1, 0.15) is 12.0 Å². The SMILES string of the molecule is COc1ccnc(N2CCC(CNc3ncccc3C#N)C2)n1. The number of methoxy groups -OCH3 is 1. The summed E-state index contributed by atoms with van der Waals surface area (Å²) in [7, 11) is 1.60. The Bertz CT molecular complexity index is 714. The van der Waals surface area contributed by atoms with Crippen LogP contribution in [0.4, 0.5) is 11.8 Å². The first-order chi connectivity index (χ1) is 11.3. The Morgan fingerprint density at radius 2 is 2.30 bits per heavy atom. The molecule has 118 valence electrons. The Morgan fingerprint density at radius 3 is 3.13 bits per heavy atom. The average Bonchev–Trinajstić information content (AvgIpc) is 3.09. The third-order valence-electron chi connectivity index (χ3n) is 3.88. The smallest absolute Gasteiger partial charge is 0.228 e. The van der Waals surface area contributed by atoms with Gasteiger partial charge in [0.2, 0.25) is 11.8 Å². The first-order valence-corrected chi connectivity index (χ1v) is 7.51. The van der Waals surface area contributed by atoms with Gasteiger partial charge >= 0.3 is 0 Å². The number of nitriles is 1. The van der Waals surface area contributed by atoms with Gasteiger partial charge in [-0.1, -0.05) is 0 Å². The van der Waals surface area contributed by atoms with Gasteiger partial charge in [0.25, 0.3) is 0 Å². The van der Waals surface area contributed by atoms with E-state index in [0.29, 0.717) is 29.1 Å². The molecule has 1 fully saturated rings. The normalized spacial score (nSPS) is 16.9. The van der Waals surface area contributed by atoms with Crippen LogP contribution in [0.3, 0.4) is 0 Å². The molecule has 1 unspecified atom stereocenters. The molecule has 1 N–H and O–H groups in total. The highest BCUT2D eigenvalue weighted by molar-refractivity contribution is 5.51. The lowest BCUT2D eigenvalue weighted by Crippen LogP contribution is -2.24. The van der Waals surface area contributed by atoms with Crippen molar-refractivity contribution in [2.45, 2.75) is 6.42 Å². The number of nitrogens with one attached hydrogen (secondary N) is 1. The lowest BCUT2D eigenvalue weighted by molar-refractivity contribution is 0.397. The third-order valence-corrected chi connectivity index (χ3v) is 3.88. The van der Waals surface area contributed by atoms with Crippen molar-refractivity contribution in [3.8, 4) is 11.9 Å². The van der Waals surface area contributed by atoms with E-state index in [0.717, 1.165) is 26.1 Å². The zero-order valence-electron chi connectivity index (χ0n) is 12.9. The van der Waals surface area contributed by atoms with E-state index in [-0.39, 0.29) is 0 Å². The van der Waals surface area contributed by atoms with Crippen molar-refractivity contribution in [1.29, 1.82) is 5.26 Å². The van der Waals surface area contributed by atoms with Crippen LogP contribution in [-0.4, -0.2) is 41.7 Å². The van der Waals surface area contributed by atoms with Crippen LogP contribution >= 0.6 is 0 Å². The molecule has 3 heterocycles. The second kappa shape index (κ2) is 6.92. The summed E-state index contributed by atoms with van der Waals surface area (Å²) < 4.78 is 5.14. The molecule has 0 bridgehead atoms. The molecule has 0 amide bonds. The minimum atomic E-state index is 0.457. The summed E-state index contributed by atoms with van der Waals surface area (Å²) in [6.45, 7) is 2.55. The Hall–Kier alpha value is -2.88. The van der Waals surface area contributed by atoms with Gasteiger partial charge in [-0.2, -0.15) is 10.2 Å². The van der Waals surface area contributed by atoms with Gasteiger partial charge < -0.3 is 15.0 Å². The number of pyridine rings is 1. The summed E-state index contributed by atoms with van der Waals surface area (Å²) in [5.74, 6) is 2.37. The standard InChI is InChI=1S/C16H18N6O/c1-23-14-4-7-19-16(21-14)22-8-5-12(11-22)10-20-15-13(9-17)3-2-6-18-15/h2-4,6-7,12H,5,8,10-11H2,1H3,(H,18,20). The highest BCUT2D eigenvalue weighted by atomic mass is 16.5. The Morgan fingerprint density at radius 1 is 1.39 bits per heavy atom. The van der Waals surface area contributed by atoms with Crippen LogP contribution in [0, 0.1) is 17.2 Å². The van der Waals surface area contributed by atoms with Gasteiger partial charge in [0.15, 0.2) is 0 Å². The van der Waals surface area contributed by atoms with Gasteiger partial charge in [-0.15, -0.1) is 0 Å². The molecule has 2 aromatic heterocycles.